The highest BCUT2D eigenvalue weighted by Crippen LogP contribution is 2.41. The highest BCUT2D eigenvalue weighted by Gasteiger charge is 2.37. The van der Waals surface area contributed by atoms with E-state index < -0.39 is 18.0 Å². The number of ether oxygens (including phenoxy) is 4. The van der Waals surface area contributed by atoms with Crippen molar-refractivity contribution in [2.75, 3.05) is 20.8 Å². The Labute approximate surface area is 187 Å². The van der Waals surface area contributed by atoms with Crippen molar-refractivity contribution in [3.63, 3.8) is 0 Å². The van der Waals surface area contributed by atoms with E-state index in [9.17, 15) is 9.59 Å². The number of urea groups is 1. The van der Waals surface area contributed by atoms with Gasteiger partial charge in [-0.3, -0.25) is 0 Å². The number of hydrogen-bond donors (Lipinski definition) is 2. The molecule has 0 bridgehead atoms. The van der Waals surface area contributed by atoms with E-state index in [-0.39, 0.29) is 11.7 Å². The second-order valence-corrected chi connectivity index (χ2v) is 7.31. The second-order valence-electron chi connectivity index (χ2n) is 7.31. The van der Waals surface area contributed by atoms with Gasteiger partial charge in [0.05, 0.1) is 44.2 Å². The molecule has 170 valence electrons. The quantitative estimate of drug-likeness (QED) is 0.606. The van der Waals surface area contributed by atoms with Gasteiger partial charge >= 0.3 is 12.0 Å². The third-order valence-corrected chi connectivity index (χ3v) is 4.84. The van der Waals surface area contributed by atoms with E-state index in [2.05, 4.69) is 10.6 Å². The third kappa shape index (κ3) is 4.80. The standard InChI is InChI=1S/C24H28N2O6/c1-6-31-22-17(8-7-9-18(22)30-5)21-19(23(27)32-14(2)3)20(25-24(28)26-21)15-10-12-16(29-4)13-11-15/h7-14,21H,6H2,1-5H3,(H2,25,26,28). The Bertz CT molecular complexity index is 1010. The highest BCUT2D eigenvalue weighted by atomic mass is 16.5. The average molecular weight is 440 g/mol. The van der Waals surface area contributed by atoms with Gasteiger partial charge in [-0.15, -0.1) is 0 Å². The molecule has 1 atom stereocenters. The molecule has 2 N–H and O–H groups in total. The summed E-state index contributed by atoms with van der Waals surface area (Å²) in [4.78, 5) is 25.9. The number of benzene rings is 2. The van der Waals surface area contributed by atoms with Gasteiger partial charge in [0, 0.05) is 5.56 Å². The maximum Gasteiger partial charge on any atom is 0.338 e. The van der Waals surface area contributed by atoms with Crippen LogP contribution < -0.4 is 24.8 Å². The van der Waals surface area contributed by atoms with Crippen LogP contribution in [0.15, 0.2) is 48.0 Å². The predicted molar refractivity (Wildman–Crippen MR) is 120 cm³/mol. The van der Waals surface area contributed by atoms with Crippen LogP contribution in [0.1, 0.15) is 37.9 Å². The first kappa shape index (κ1) is 23.0. The van der Waals surface area contributed by atoms with E-state index in [0.717, 1.165) is 0 Å². The number of rotatable bonds is 8. The molecule has 0 aliphatic carbocycles. The SMILES string of the molecule is CCOc1c(OC)cccc1C1NC(=O)NC(c2ccc(OC)cc2)=C1C(=O)OC(C)C. The molecular formula is C24H28N2O6. The molecule has 0 saturated carbocycles. The smallest absolute Gasteiger partial charge is 0.338 e. The van der Waals surface area contributed by atoms with Gasteiger partial charge in [0.15, 0.2) is 11.5 Å². The first-order valence-electron chi connectivity index (χ1n) is 10.4. The first-order chi connectivity index (χ1) is 15.4. The number of carbonyl (C=O) groups excluding carboxylic acids is 2. The lowest BCUT2D eigenvalue weighted by Gasteiger charge is -2.31. The van der Waals surface area contributed by atoms with Crippen LogP contribution in [0.4, 0.5) is 4.79 Å². The number of hydrogen-bond acceptors (Lipinski definition) is 6. The molecule has 3 rings (SSSR count). The van der Waals surface area contributed by atoms with Crippen LogP contribution in [0.5, 0.6) is 17.2 Å². The zero-order valence-electron chi connectivity index (χ0n) is 18.9. The Kier molecular flexibility index (Phi) is 7.25. The van der Waals surface area contributed by atoms with Gasteiger partial charge in [0.2, 0.25) is 0 Å². The molecule has 0 saturated heterocycles. The molecule has 1 aliphatic heterocycles. The van der Waals surface area contributed by atoms with Gasteiger partial charge < -0.3 is 29.6 Å². The fraction of sp³-hybridized carbons (Fsp3) is 0.333. The van der Waals surface area contributed by atoms with Gasteiger partial charge in [-0.1, -0.05) is 12.1 Å². The summed E-state index contributed by atoms with van der Waals surface area (Å²) in [6.45, 7) is 5.77. The number of methoxy groups -OCH3 is 2. The van der Waals surface area contributed by atoms with Gasteiger partial charge in [-0.25, -0.2) is 9.59 Å². The van der Waals surface area contributed by atoms with E-state index in [1.54, 1.807) is 63.4 Å². The molecule has 0 fully saturated rings. The maximum atomic E-state index is 13.3. The Balaban J connectivity index is 2.23. The number of para-hydroxylation sites is 1. The lowest BCUT2D eigenvalue weighted by molar-refractivity contribution is -0.143. The molecule has 8 heteroatoms. The van der Waals surface area contributed by atoms with Gasteiger partial charge in [0.1, 0.15) is 5.75 Å². The molecule has 2 aromatic carbocycles. The summed E-state index contributed by atoms with van der Waals surface area (Å²) in [5.74, 6) is 1.06. The second kappa shape index (κ2) is 10.1. The highest BCUT2D eigenvalue weighted by molar-refractivity contribution is 6.04. The summed E-state index contributed by atoms with van der Waals surface area (Å²) >= 11 is 0. The fourth-order valence-corrected chi connectivity index (χ4v) is 3.50. The van der Waals surface area contributed by atoms with Crippen LogP contribution in [-0.2, 0) is 9.53 Å². The van der Waals surface area contributed by atoms with Crippen molar-refractivity contribution in [1.29, 1.82) is 0 Å². The number of carbonyl (C=O) groups is 2. The molecule has 0 spiro atoms. The minimum Gasteiger partial charge on any atom is -0.497 e. The molecule has 8 nitrogen and oxygen atoms in total. The number of nitrogens with one attached hydrogen (secondary N) is 2. The molecule has 1 unspecified atom stereocenters. The Morgan fingerprint density at radius 1 is 1.06 bits per heavy atom. The predicted octanol–water partition coefficient (Wildman–Crippen LogP) is 3.82. The summed E-state index contributed by atoms with van der Waals surface area (Å²) in [5.41, 5.74) is 1.85. The zero-order valence-corrected chi connectivity index (χ0v) is 18.9. The fourth-order valence-electron chi connectivity index (χ4n) is 3.50. The molecule has 2 amide bonds. The van der Waals surface area contributed by atoms with Crippen molar-refractivity contribution in [1.82, 2.24) is 10.6 Å². The van der Waals surface area contributed by atoms with E-state index in [1.165, 1.54) is 7.11 Å². The Morgan fingerprint density at radius 3 is 2.38 bits per heavy atom. The lowest BCUT2D eigenvalue weighted by Crippen LogP contribution is -2.45. The Morgan fingerprint density at radius 2 is 1.78 bits per heavy atom. The van der Waals surface area contributed by atoms with Crippen LogP contribution in [-0.4, -0.2) is 38.9 Å². The number of esters is 1. The van der Waals surface area contributed by atoms with E-state index >= 15 is 0 Å². The minimum absolute atomic E-state index is 0.262. The molecular weight excluding hydrogens is 412 g/mol. The van der Waals surface area contributed by atoms with Crippen molar-refractivity contribution >= 4 is 17.7 Å². The van der Waals surface area contributed by atoms with Gasteiger partial charge in [0.25, 0.3) is 0 Å². The first-order valence-corrected chi connectivity index (χ1v) is 10.4. The van der Waals surface area contributed by atoms with Crippen LogP contribution >= 0.6 is 0 Å². The summed E-state index contributed by atoms with van der Waals surface area (Å²) in [5, 5.41) is 5.61. The lowest BCUT2D eigenvalue weighted by atomic mass is 9.91. The third-order valence-electron chi connectivity index (χ3n) is 4.84. The van der Waals surface area contributed by atoms with E-state index in [4.69, 9.17) is 18.9 Å². The summed E-state index contributed by atoms with van der Waals surface area (Å²) in [7, 11) is 3.11. The van der Waals surface area contributed by atoms with E-state index in [0.29, 0.717) is 40.7 Å². The van der Waals surface area contributed by atoms with Crippen LogP contribution in [0.25, 0.3) is 5.70 Å². The molecule has 32 heavy (non-hydrogen) atoms. The average Bonchev–Trinajstić information content (AvgIpc) is 2.78. The normalized spacial score (nSPS) is 15.7. The van der Waals surface area contributed by atoms with E-state index in [1.807, 2.05) is 6.92 Å². The summed E-state index contributed by atoms with van der Waals surface area (Å²) in [6, 6.07) is 11.1. The molecule has 1 aliphatic rings. The maximum absolute atomic E-state index is 13.3. The van der Waals surface area contributed by atoms with Crippen molar-refractivity contribution in [3.8, 4) is 17.2 Å². The zero-order chi connectivity index (χ0) is 23.3. The summed E-state index contributed by atoms with van der Waals surface area (Å²) in [6.07, 6.45) is -0.345. The minimum atomic E-state index is -0.816. The monoisotopic (exact) mass is 440 g/mol. The molecule has 1 heterocycles. The number of amides is 2. The van der Waals surface area contributed by atoms with Crippen LogP contribution in [0.3, 0.4) is 0 Å². The van der Waals surface area contributed by atoms with Gasteiger partial charge in [-0.2, -0.15) is 0 Å². The molecule has 2 aromatic rings. The molecule has 0 aromatic heterocycles. The van der Waals surface area contributed by atoms with Crippen LogP contribution in [0, 0.1) is 0 Å². The van der Waals surface area contributed by atoms with Crippen LogP contribution in [0.2, 0.25) is 0 Å². The summed E-state index contributed by atoms with van der Waals surface area (Å²) < 4.78 is 22.1. The Hall–Kier alpha value is -3.68. The van der Waals surface area contributed by atoms with Crippen molar-refractivity contribution < 1.29 is 28.5 Å². The van der Waals surface area contributed by atoms with Crippen molar-refractivity contribution in [3.05, 3.63) is 59.2 Å². The molecule has 0 radical (unpaired) electrons. The topological polar surface area (TPSA) is 95.1 Å². The van der Waals surface area contributed by atoms with Crippen molar-refractivity contribution in [2.45, 2.75) is 32.9 Å². The van der Waals surface area contributed by atoms with Gasteiger partial charge in [-0.05, 0) is 56.7 Å². The largest absolute Gasteiger partial charge is 0.497 e. The van der Waals surface area contributed by atoms with Crippen molar-refractivity contribution in [2.24, 2.45) is 0 Å².